The molecule has 2 aromatic carbocycles. The fourth-order valence-corrected chi connectivity index (χ4v) is 5.52. The number of rotatable bonds is 6. The molecule has 0 saturated carbocycles. The summed E-state index contributed by atoms with van der Waals surface area (Å²) in [4.78, 5) is 21.8. The summed E-state index contributed by atoms with van der Waals surface area (Å²) in [6, 6.07) is 11.8. The van der Waals surface area contributed by atoms with Gasteiger partial charge in [-0.1, -0.05) is 18.2 Å². The second-order valence-electron chi connectivity index (χ2n) is 8.10. The number of benzene rings is 2. The summed E-state index contributed by atoms with van der Waals surface area (Å²) >= 11 is 0. The van der Waals surface area contributed by atoms with E-state index in [0.29, 0.717) is 18.7 Å². The number of carbonyl (C=O) groups excluding carboxylic acids is 1. The number of para-hydroxylation sites is 2. The lowest BCUT2D eigenvalue weighted by molar-refractivity contribution is -0.274. The SMILES string of the molecule is CN(Cc1nc2ccccc2[nH]1)C(=O)C1CCN(S(=O)(=O)c2cccc(OC(F)(F)F)c2)CC1. The summed E-state index contributed by atoms with van der Waals surface area (Å²) in [5, 5.41) is 0. The molecule has 2 heterocycles. The van der Waals surface area contributed by atoms with Gasteiger partial charge in [0.1, 0.15) is 11.6 Å². The number of carbonyl (C=O) groups is 1. The molecular formula is C22H23F3N4O4S. The van der Waals surface area contributed by atoms with E-state index < -0.39 is 22.1 Å². The zero-order chi connectivity index (χ0) is 24.5. The summed E-state index contributed by atoms with van der Waals surface area (Å²) in [7, 11) is -2.36. The minimum absolute atomic E-state index is 0.0849. The van der Waals surface area contributed by atoms with Crippen LogP contribution in [0.1, 0.15) is 18.7 Å². The van der Waals surface area contributed by atoms with Gasteiger partial charge in [-0.25, -0.2) is 13.4 Å². The predicted octanol–water partition coefficient (Wildman–Crippen LogP) is 3.52. The molecule has 34 heavy (non-hydrogen) atoms. The van der Waals surface area contributed by atoms with Crippen molar-refractivity contribution in [2.75, 3.05) is 20.1 Å². The van der Waals surface area contributed by atoms with Gasteiger partial charge in [-0.05, 0) is 37.1 Å². The highest BCUT2D eigenvalue weighted by molar-refractivity contribution is 7.89. The molecule has 182 valence electrons. The number of amides is 1. The van der Waals surface area contributed by atoms with Gasteiger partial charge >= 0.3 is 6.36 Å². The summed E-state index contributed by atoms with van der Waals surface area (Å²) in [6.07, 6.45) is -4.31. The maximum absolute atomic E-state index is 12.9. The van der Waals surface area contributed by atoms with Crippen molar-refractivity contribution in [2.45, 2.75) is 30.6 Å². The first-order valence-electron chi connectivity index (χ1n) is 10.6. The Hall–Kier alpha value is -3.12. The average Bonchev–Trinajstić information content (AvgIpc) is 3.20. The minimum Gasteiger partial charge on any atom is -0.406 e. The molecule has 4 rings (SSSR count). The summed E-state index contributed by atoms with van der Waals surface area (Å²) < 4.78 is 68.3. The molecule has 1 aromatic heterocycles. The molecule has 0 unspecified atom stereocenters. The number of nitrogens with one attached hydrogen (secondary N) is 1. The van der Waals surface area contributed by atoms with E-state index in [9.17, 15) is 26.4 Å². The zero-order valence-electron chi connectivity index (χ0n) is 18.2. The van der Waals surface area contributed by atoms with Crippen LogP contribution < -0.4 is 4.74 Å². The maximum Gasteiger partial charge on any atom is 0.573 e. The number of halogens is 3. The Kier molecular flexibility index (Phi) is 6.54. The number of hydrogen-bond donors (Lipinski definition) is 1. The largest absolute Gasteiger partial charge is 0.573 e. The van der Waals surface area contributed by atoms with Gasteiger partial charge in [0.15, 0.2) is 0 Å². The lowest BCUT2D eigenvalue weighted by atomic mass is 9.97. The van der Waals surface area contributed by atoms with E-state index in [1.165, 1.54) is 16.4 Å². The number of sulfonamides is 1. The maximum atomic E-state index is 12.9. The highest BCUT2D eigenvalue weighted by Gasteiger charge is 2.35. The van der Waals surface area contributed by atoms with Gasteiger partial charge in [0.25, 0.3) is 0 Å². The molecule has 12 heteroatoms. The third kappa shape index (κ3) is 5.33. The number of aromatic nitrogens is 2. The van der Waals surface area contributed by atoms with Gasteiger partial charge in [-0.15, -0.1) is 13.2 Å². The minimum atomic E-state index is -4.92. The van der Waals surface area contributed by atoms with E-state index >= 15 is 0 Å². The Labute approximate surface area is 194 Å². The third-order valence-electron chi connectivity index (χ3n) is 5.68. The van der Waals surface area contributed by atoms with Crippen LogP contribution in [0.5, 0.6) is 5.75 Å². The lowest BCUT2D eigenvalue weighted by Crippen LogP contribution is -2.43. The predicted molar refractivity (Wildman–Crippen MR) is 117 cm³/mol. The molecule has 0 bridgehead atoms. The monoisotopic (exact) mass is 496 g/mol. The number of hydrogen-bond acceptors (Lipinski definition) is 5. The molecule has 3 aromatic rings. The topological polar surface area (TPSA) is 95.6 Å². The number of ether oxygens (including phenoxy) is 1. The molecule has 1 N–H and O–H groups in total. The first kappa shape index (κ1) is 24.0. The van der Waals surface area contributed by atoms with Crippen LogP contribution in [0.4, 0.5) is 13.2 Å². The van der Waals surface area contributed by atoms with Crippen molar-refractivity contribution in [2.24, 2.45) is 5.92 Å². The van der Waals surface area contributed by atoms with Crippen LogP contribution in [0.25, 0.3) is 11.0 Å². The van der Waals surface area contributed by atoms with Crippen molar-refractivity contribution < 1.29 is 31.1 Å². The highest BCUT2D eigenvalue weighted by atomic mass is 32.2. The standard InChI is InChI=1S/C22H23F3N4O4S/c1-28(14-20-26-18-7-2-3-8-19(18)27-20)21(30)15-9-11-29(12-10-15)34(31,32)17-6-4-5-16(13-17)33-22(23,24)25/h2-8,13,15H,9-12,14H2,1H3,(H,26,27). The van der Waals surface area contributed by atoms with Gasteiger partial charge in [0, 0.05) is 32.1 Å². The second kappa shape index (κ2) is 9.26. The van der Waals surface area contributed by atoms with E-state index in [1.807, 2.05) is 24.3 Å². The number of H-pyrrole nitrogens is 1. The Bertz CT molecular complexity index is 1250. The van der Waals surface area contributed by atoms with Crippen molar-refractivity contribution in [3.8, 4) is 5.75 Å². The van der Waals surface area contributed by atoms with Crippen molar-refractivity contribution in [3.63, 3.8) is 0 Å². The van der Waals surface area contributed by atoms with Crippen LogP contribution in [-0.4, -0.2) is 60.0 Å². The zero-order valence-corrected chi connectivity index (χ0v) is 19.1. The van der Waals surface area contributed by atoms with E-state index in [2.05, 4.69) is 14.7 Å². The van der Waals surface area contributed by atoms with E-state index in [0.717, 1.165) is 23.2 Å². The Morgan fingerprint density at radius 1 is 1.18 bits per heavy atom. The van der Waals surface area contributed by atoms with Crippen LogP contribution in [0.3, 0.4) is 0 Å². The number of alkyl halides is 3. The summed E-state index contributed by atoms with van der Waals surface area (Å²) in [5.74, 6) is -0.428. The Balaban J connectivity index is 1.37. The molecule has 8 nitrogen and oxygen atoms in total. The number of fused-ring (bicyclic) bond motifs is 1. The first-order chi connectivity index (χ1) is 16.0. The third-order valence-corrected chi connectivity index (χ3v) is 7.58. The number of piperidine rings is 1. The van der Waals surface area contributed by atoms with Crippen LogP contribution in [0.2, 0.25) is 0 Å². The van der Waals surface area contributed by atoms with Crippen molar-refractivity contribution in [1.29, 1.82) is 0 Å². The van der Waals surface area contributed by atoms with Crippen molar-refractivity contribution >= 4 is 27.0 Å². The van der Waals surface area contributed by atoms with E-state index in [-0.39, 0.29) is 36.4 Å². The van der Waals surface area contributed by atoms with Crippen LogP contribution in [0, 0.1) is 5.92 Å². The van der Waals surface area contributed by atoms with Gasteiger partial charge in [-0.3, -0.25) is 4.79 Å². The Morgan fingerprint density at radius 2 is 1.88 bits per heavy atom. The van der Waals surface area contributed by atoms with Gasteiger partial charge in [-0.2, -0.15) is 4.31 Å². The lowest BCUT2D eigenvalue weighted by Gasteiger charge is -2.32. The second-order valence-corrected chi connectivity index (χ2v) is 10.0. The van der Waals surface area contributed by atoms with E-state index in [1.54, 1.807) is 11.9 Å². The quantitative estimate of drug-likeness (QED) is 0.564. The van der Waals surface area contributed by atoms with Crippen molar-refractivity contribution in [3.05, 3.63) is 54.4 Å². The van der Waals surface area contributed by atoms with Crippen LogP contribution >= 0.6 is 0 Å². The molecule has 0 atom stereocenters. The molecule has 0 aliphatic carbocycles. The average molecular weight is 497 g/mol. The molecule has 1 amide bonds. The normalized spacial score (nSPS) is 16.0. The van der Waals surface area contributed by atoms with Gasteiger partial charge in [0.2, 0.25) is 15.9 Å². The molecule has 0 spiro atoms. The number of nitrogens with zero attached hydrogens (tertiary/aromatic N) is 3. The smallest absolute Gasteiger partial charge is 0.406 e. The van der Waals surface area contributed by atoms with Gasteiger partial charge in [0.05, 0.1) is 22.5 Å². The fraction of sp³-hybridized carbons (Fsp3) is 0.364. The molecular weight excluding hydrogens is 473 g/mol. The molecule has 1 aliphatic heterocycles. The summed E-state index contributed by atoms with van der Waals surface area (Å²) in [6.45, 7) is 0.459. The van der Waals surface area contributed by atoms with E-state index in [4.69, 9.17) is 0 Å². The van der Waals surface area contributed by atoms with Gasteiger partial charge < -0.3 is 14.6 Å². The molecule has 0 radical (unpaired) electrons. The number of aromatic amines is 1. The summed E-state index contributed by atoms with van der Waals surface area (Å²) in [5.41, 5.74) is 1.68. The van der Waals surface area contributed by atoms with Crippen LogP contribution in [0.15, 0.2) is 53.4 Å². The number of imidazole rings is 1. The molecule has 1 saturated heterocycles. The first-order valence-corrected chi connectivity index (χ1v) is 12.0. The highest BCUT2D eigenvalue weighted by Crippen LogP contribution is 2.29. The fourth-order valence-electron chi connectivity index (χ4n) is 4.02. The molecule has 1 aliphatic rings. The molecule has 1 fully saturated rings. The Morgan fingerprint density at radius 3 is 2.56 bits per heavy atom. The van der Waals surface area contributed by atoms with Crippen molar-refractivity contribution in [1.82, 2.24) is 19.2 Å². The van der Waals surface area contributed by atoms with Crippen LogP contribution in [-0.2, 0) is 21.4 Å².